The van der Waals surface area contributed by atoms with Crippen LogP contribution in [0.15, 0.2) is 27.6 Å². The first-order chi connectivity index (χ1) is 16.1. The van der Waals surface area contributed by atoms with Crippen molar-refractivity contribution in [3.05, 3.63) is 34.4 Å². The highest BCUT2D eigenvalue weighted by Crippen LogP contribution is 2.71. The summed E-state index contributed by atoms with van der Waals surface area (Å²) in [6.07, 6.45) is 10.3. The third-order valence-electron chi connectivity index (χ3n) is 11.8. The number of rotatable bonds is 2. The number of aliphatic hydroxyl groups is 3. The van der Waals surface area contributed by atoms with Crippen molar-refractivity contribution in [2.45, 2.75) is 107 Å². The van der Waals surface area contributed by atoms with Gasteiger partial charge in [-0.05, 0) is 99.0 Å². The van der Waals surface area contributed by atoms with Gasteiger partial charge >= 0.3 is 5.63 Å². The maximum Gasteiger partial charge on any atom is 0.335 e. The van der Waals surface area contributed by atoms with E-state index >= 15 is 0 Å². The Kier molecular flexibility index (Phi) is 5.22. The summed E-state index contributed by atoms with van der Waals surface area (Å²) in [4.78, 5) is 13.9. The lowest BCUT2D eigenvalue weighted by atomic mass is 9.41. The second-order valence-corrected chi connectivity index (χ2v) is 12.9. The predicted molar refractivity (Wildman–Crippen MR) is 128 cm³/mol. The van der Waals surface area contributed by atoms with Gasteiger partial charge in [-0.15, -0.1) is 0 Å². The highest BCUT2D eigenvalue weighted by Gasteiger charge is 2.70. The fraction of sp³-hybridized carbons (Fsp3) is 0.821. The Hall–Kier alpha value is -1.21. The zero-order valence-corrected chi connectivity index (χ0v) is 20.7. The van der Waals surface area contributed by atoms with E-state index in [2.05, 4.69) is 18.7 Å². The van der Waals surface area contributed by atoms with Gasteiger partial charge in [0.05, 0.1) is 23.6 Å². The fourth-order valence-corrected chi connectivity index (χ4v) is 9.71. The summed E-state index contributed by atoms with van der Waals surface area (Å²) in [7, 11) is 0. The Balaban J connectivity index is 1.27. The van der Waals surface area contributed by atoms with Crippen LogP contribution in [0.4, 0.5) is 0 Å². The first-order valence-electron chi connectivity index (χ1n) is 13.6. The van der Waals surface area contributed by atoms with Crippen molar-refractivity contribution in [1.82, 2.24) is 4.90 Å². The Labute approximate surface area is 202 Å². The zero-order valence-electron chi connectivity index (χ0n) is 20.7. The number of β-amino-alcohol motifs (C(OH)–C–C–N with tert-alkyl or cyclic N) is 1. The molecule has 5 fully saturated rings. The molecular formula is C28H41NO5. The zero-order chi connectivity index (χ0) is 23.9. The van der Waals surface area contributed by atoms with Crippen molar-refractivity contribution in [2.24, 2.45) is 22.7 Å². The number of likely N-dealkylation sites (tertiary alicyclic amines) is 1. The SMILES string of the molecule is C[C@]12CC[C@H](N3CC[C@H](O)C3)C[C@@]1(O)CC[C@@H]1[C@@H]2CC[C@]2(C)[C@@H](c3ccc(=O)oc3)CC[C@]12O. The molecule has 0 unspecified atom stereocenters. The van der Waals surface area contributed by atoms with E-state index in [1.807, 2.05) is 6.07 Å². The molecule has 1 aromatic heterocycles. The highest BCUT2D eigenvalue weighted by molar-refractivity contribution is 5.28. The van der Waals surface area contributed by atoms with Crippen LogP contribution in [0.5, 0.6) is 0 Å². The summed E-state index contributed by atoms with van der Waals surface area (Å²) in [5.74, 6) is 0.707. The van der Waals surface area contributed by atoms with Crippen LogP contribution in [0, 0.1) is 22.7 Å². The largest absolute Gasteiger partial charge is 0.431 e. The third-order valence-corrected chi connectivity index (χ3v) is 11.8. The second kappa shape index (κ2) is 7.64. The summed E-state index contributed by atoms with van der Waals surface area (Å²) >= 11 is 0. The van der Waals surface area contributed by atoms with Crippen LogP contribution in [-0.2, 0) is 0 Å². The molecular weight excluding hydrogens is 430 g/mol. The van der Waals surface area contributed by atoms with Gasteiger partial charge in [0, 0.05) is 30.6 Å². The molecule has 0 spiro atoms. The van der Waals surface area contributed by atoms with Gasteiger partial charge in [0.1, 0.15) is 0 Å². The van der Waals surface area contributed by atoms with Crippen LogP contribution in [0.25, 0.3) is 0 Å². The maximum absolute atomic E-state index is 12.4. The molecule has 0 bridgehead atoms. The van der Waals surface area contributed by atoms with E-state index in [-0.39, 0.29) is 34.4 Å². The molecule has 9 atom stereocenters. The monoisotopic (exact) mass is 471 g/mol. The van der Waals surface area contributed by atoms with Crippen molar-refractivity contribution < 1.29 is 19.7 Å². The smallest absolute Gasteiger partial charge is 0.335 e. The van der Waals surface area contributed by atoms with E-state index in [4.69, 9.17) is 4.42 Å². The molecule has 188 valence electrons. The van der Waals surface area contributed by atoms with Crippen LogP contribution in [0.1, 0.15) is 89.5 Å². The summed E-state index contributed by atoms with van der Waals surface area (Å²) in [5, 5.41) is 34.5. The van der Waals surface area contributed by atoms with Gasteiger partial charge < -0.3 is 19.7 Å². The van der Waals surface area contributed by atoms with E-state index in [0.29, 0.717) is 12.0 Å². The van der Waals surface area contributed by atoms with E-state index in [9.17, 15) is 20.1 Å². The van der Waals surface area contributed by atoms with Gasteiger partial charge in [0.2, 0.25) is 0 Å². The maximum atomic E-state index is 12.4. The summed E-state index contributed by atoms with van der Waals surface area (Å²) in [6, 6.07) is 3.74. The summed E-state index contributed by atoms with van der Waals surface area (Å²) in [5.41, 5.74) is -1.18. The Morgan fingerprint density at radius 1 is 0.941 bits per heavy atom. The highest BCUT2D eigenvalue weighted by atomic mass is 16.4. The molecule has 2 heterocycles. The van der Waals surface area contributed by atoms with Gasteiger partial charge in [0.15, 0.2) is 0 Å². The molecule has 6 rings (SSSR count). The molecule has 6 nitrogen and oxygen atoms in total. The van der Waals surface area contributed by atoms with Crippen LogP contribution in [0.3, 0.4) is 0 Å². The minimum Gasteiger partial charge on any atom is -0.431 e. The van der Waals surface area contributed by atoms with E-state index in [1.54, 1.807) is 6.26 Å². The van der Waals surface area contributed by atoms with E-state index in [0.717, 1.165) is 82.9 Å². The lowest BCUT2D eigenvalue weighted by Crippen LogP contribution is -2.67. The van der Waals surface area contributed by atoms with Crippen molar-refractivity contribution in [1.29, 1.82) is 0 Å². The van der Waals surface area contributed by atoms with E-state index < -0.39 is 11.2 Å². The topological polar surface area (TPSA) is 94.1 Å². The van der Waals surface area contributed by atoms with Crippen LogP contribution in [-0.4, -0.2) is 56.7 Å². The minimum absolute atomic E-state index is 0.181. The molecule has 5 aliphatic rings. The van der Waals surface area contributed by atoms with Crippen molar-refractivity contribution in [3.8, 4) is 0 Å². The molecule has 0 amide bonds. The van der Waals surface area contributed by atoms with E-state index in [1.165, 1.54) is 6.07 Å². The third kappa shape index (κ3) is 3.04. The number of aliphatic hydroxyl groups excluding tert-OH is 1. The lowest BCUT2D eigenvalue weighted by Gasteiger charge is -2.66. The number of hydrogen-bond acceptors (Lipinski definition) is 6. The average molecular weight is 472 g/mol. The molecule has 0 radical (unpaired) electrons. The molecule has 6 heteroatoms. The standard InChI is InChI=1S/C28H41NO5/c1-25-10-5-19(29-14-9-20(30)16-29)15-27(25,32)12-7-23-22(25)6-11-26(2)21(8-13-28(23,26)33)18-3-4-24(31)34-17-18/h3-4,17,19-23,30,32-33H,5-16H2,1-2H3/t19-,20-,21+,22-,23+,25+,26+,27-,28-/m0/s1. The normalized spacial score (nSPS) is 51.0. The molecule has 34 heavy (non-hydrogen) atoms. The number of fused-ring (bicyclic) bond motifs is 5. The second-order valence-electron chi connectivity index (χ2n) is 12.9. The van der Waals surface area contributed by atoms with Crippen molar-refractivity contribution in [2.75, 3.05) is 13.1 Å². The molecule has 1 saturated heterocycles. The molecule has 1 aromatic rings. The van der Waals surface area contributed by atoms with Crippen LogP contribution < -0.4 is 5.63 Å². The molecule has 4 aliphatic carbocycles. The van der Waals surface area contributed by atoms with Gasteiger partial charge in [-0.25, -0.2) is 4.79 Å². The first kappa shape index (κ1) is 23.2. The van der Waals surface area contributed by atoms with Gasteiger partial charge in [-0.2, -0.15) is 0 Å². The quantitative estimate of drug-likeness (QED) is 0.612. The van der Waals surface area contributed by atoms with Gasteiger partial charge in [-0.3, -0.25) is 4.90 Å². The first-order valence-corrected chi connectivity index (χ1v) is 13.6. The Morgan fingerprint density at radius 2 is 1.71 bits per heavy atom. The summed E-state index contributed by atoms with van der Waals surface area (Å²) < 4.78 is 5.20. The Bertz CT molecular complexity index is 990. The molecule has 1 aliphatic heterocycles. The van der Waals surface area contributed by atoms with Crippen molar-refractivity contribution >= 4 is 0 Å². The van der Waals surface area contributed by atoms with Gasteiger partial charge in [0.25, 0.3) is 0 Å². The van der Waals surface area contributed by atoms with Crippen LogP contribution >= 0.6 is 0 Å². The molecule has 0 aromatic carbocycles. The summed E-state index contributed by atoms with van der Waals surface area (Å²) in [6.45, 7) is 6.24. The number of nitrogens with zero attached hydrogens (tertiary/aromatic N) is 1. The predicted octanol–water partition coefficient (Wildman–Crippen LogP) is 3.43. The van der Waals surface area contributed by atoms with Gasteiger partial charge in [-0.1, -0.05) is 13.8 Å². The molecule has 3 N–H and O–H groups in total. The molecule has 4 saturated carbocycles. The fourth-order valence-electron chi connectivity index (χ4n) is 9.71. The Morgan fingerprint density at radius 3 is 2.41 bits per heavy atom. The lowest BCUT2D eigenvalue weighted by molar-refractivity contribution is -0.250. The van der Waals surface area contributed by atoms with Crippen molar-refractivity contribution in [3.63, 3.8) is 0 Å². The number of hydrogen-bond donors (Lipinski definition) is 3. The van der Waals surface area contributed by atoms with Crippen LogP contribution in [0.2, 0.25) is 0 Å². The average Bonchev–Trinajstić information content (AvgIpc) is 3.35. The minimum atomic E-state index is -0.753.